The smallest absolute Gasteiger partial charge is 0.220 e. The van der Waals surface area contributed by atoms with Gasteiger partial charge in [-0.2, -0.15) is 0 Å². The van der Waals surface area contributed by atoms with Crippen LogP contribution in [-0.4, -0.2) is 34.9 Å². The Labute approximate surface area is 381 Å². The van der Waals surface area contributed by atoms with Gasteiger partial charge in [0.2, 0.25) is 5.91 Å². The molecule has 0 heterocycles. The first-order valence-corrected chi connectivity index (χ1v) is 27.0. The fourth-order valence-corrected chi connectivity index (χ4v) is 8.07. The summed E-state index contributed by atoms with van der Waals surface area (Å²) in [5.41, 5.74) is 0. The van der Waals surface area contributed by atoms with E-state index in [4.69, 9.17) is 0 Å². The monoisotopic (exact) mass is 852 g/mol. The Balaban J connectivity index is 3.55. The quantitative estimate of drug-likeness (QED) is 0.0422. The molecule has 2 atom stereocenters. The van der Waals surface area contributed by atoms with Gasteiger partial charge in [-0.15, -0.1) is 0 Å². The Kier molecular flexibility index (Phi) is 50.8. The summed E-state index contributed by atoms with van der Waals surface area (Å²) in [6, 6.07) is -0.655. The highest BCUT2D eigenvalue weighted by Crippen LogP contribution is 2.16. The molecule has 4 heteroatoms. The molecule has 0 aromatic heterocycles. The van der Waals surface area contributed by atoms with Gasteiger partial charge in [-0.05, 0) is 77.0 Å². The van der Waals surface area contributed by atoms with Crippen molar-refractivity contribution in [2.45, 2.75) is 289 Å². The van der Waals surface area contributed by atoms with Gasteiger partial charge in [-0.3, -0.25) is 4.79 Å². The van der Waals surface area contributed by atoms with Crippen molar-refractivity contribution >= 4 is 5.91 Å². The van der Waals surface area contributed by atoms with Crippen LogP contribution < -0.4 is 5.32 Å². The normalized spacial score (nSPS) is 13.3. The third-order valence-corrected chi connectivity index (χ3v) is 12.2. The van der Waals surface area contributed by atoms with E-state index in [0.29, 0.717) is 6.42 Å². The number of carbonyl (C=O) groups is 1. The molecule has 61 heavy (non-hydrogen) atoms. The number of aliphatic hydroxyl groups excluding tert-OH is 2. The Morgan fingerprint density at radius 3 is 1.07 bits per heavy atom. The standard InChI is InChI=1S/C57H105NO3/c1-3-5-7-9-11-13-15-17-19-21-22-23-24-25-26-27-28-29-30-31-32-33-34-35-36-37-38-40-42-44-46-48-50-52-56(60)55(54-59)58-57(61)53-51-49-47-45-43-41-39-20-18-16-14-12-10-8-6-4-2/h14,16,20,36-37,39,42,44,50,52,55-56,59-60H,3-13,15,17-19,21-35,38,40-41,43,45-49,51,53-54H2,1-2H3,(H,58,61)/b16-14-,37-36+,39-20-,44-42+,52-50+. The zero-order valence-corrected chi connectivity index (χ0v) is 40.9. The number of amides is 1. The maximum absolute atomic E-state index is 12.4. The van der Waals surface area contributed by atoms with Gasteiger partial charge >= 0.3 is 0 Å². The highest BCUT2D eigenvalue weighted by molar-refractivity contribution is 5.76. The number of hydrogen-bond acceptors (Lipinski definition) is 3. The molecular formula is C57H105NO3. The van der Waals surface area contributed by atoms with Gasteiger partial charge in [-0.25, -0.2) is 0 Å². The molecule has 0 spiro atoms. The summed E-state index contributed by atoms with van der Waals surface area (Å²) < 4.78 is 0. The van der Waals surface area contributed by atoms with E-state index in [0.717, 1.165) is 57.8 Å². The van der Waals surface area contributed by atoms with Gasteiger partial charge in [0.05, 0.1) is 18.8 Å². The molecule has 0 aliphatic carbocycles. The summed E-state index contributed by atoms with van der Waals surface area (Å²) >= 11 is 0. The summed E-state index contributed by atoms with van der Waals surface area (Å²) in [6.07, 6.45) is 73.8. The average molecular weight is 852 g/mol. The van der Waals surface area contributed by atoms with E-state index >= 15 is 0 Å². The van der Waals surface area contributed by atoms with Crippen LogP contribution in [0.1, 0.15) is 277 Å². The number of carbonyl (C=O) groups excluding carboxylic acids is 1. The molecule has 0 aromatic carbocycles. The zero-order chi connectivity index (χ0) is 44.2. The number of hydrogen-bond donors (Lipinski definition) is 3. The minimum atomic E-state index is -0.879. The highest BCUT2D eigenvalue weighted by atomic mass is 16.3. The summed E-state index contributed by atoms with van der Waals surface area (Å²) in [4.78, 5) is 12.4. The first-order valence-electron chi connectivity index (χ1n) is 27.0. The molecule has 0 bridgehead atoms. The predicted molar refractivity (Wildman–Crippen MR) is 271 cm³/mol. The van der Waals surface area contributed by atoms with Crippen LogP contribution >= 0.6 is 0 Å². The number of nitrogens with one attached hydrogen (secondary N) is 1. The molecular weight excluding hydrogens is 747 g/mol. The lowest BCUT2D eigenvalue weighted by atomic mass is 10.0. The van der Waals surface area contributed by atoms with Crippen molar-refractivity contribution in [3.05, 3.63) is 60.8 Å². The van der Waals surface area contributed by atoms with E-state index in [-0.39, 0.29) is 12.5 Å². The zero-order valence-electron chi connectivity index (χ0n) is 40.9. The molecule has 0 fully saturated rings. The average Bonchev–Trinajstić information content (AvgIpc) is 3.26. The van der Waals surface area contributed by atoms with E-state index in [1.807, 2.05) is 6.08 Å². The first-order chi connectivity index (χ1) is 30.2. The lowest BCUT2D eigenvalue weighted by molar-refractivity contribution is -0.123. The van der Waals surface area contributed by atoms with Crippen LogP contribution in [0.4, 0.5) is 0 Å². The summed E-state index contributed by atoms with van der Waals surface area (Å²) in [5, 5.41) is 23.1. The van der Waals surface area contributed by atoms with Crippen molar-refractivity contribution in [2.75, 3.05) is 6.61 Å². The largest absolute Gasteiger partial charge is 0.394 e. The topological polar surface area (TPSA) is 69.6 Å². The van der Waals surface area contributed by atoms with Gasteiger partial charge in [0.1, 0.15) is 0 Å². The maximum Gasteiger partial charge on any atom is 0.220 e. The van der Waals surface area contributed by atoms with Crippen molar-refractivity contribution in [3.63, 3.8) is 0 Å². The number of allylic oxidation sites excluding steroid dienone is 9. The van der Waals surface area contributed by atoms with Crippen LogP contribution in [-0.2, 0) is 4.79 Å². The molecule has 0 saturated carbocycles. The third-order valence-electron chi connectivity index (χ3n) is 12.2. The van der Waals surface area contributed by atoms with Crippen LogP contribution in [0.15, 0.2) is 60.8 Å². The fourth-order valence-electron chi connectivity index (χ4n) is 8.07. The second kappa shape index (κ2) is 52.4. The molecule has 4 nitrogen and oxygen atoms in total. The minimum Gasteiger partial charge on any atom is -0.394 e. The van der Waals surface area contributed by atoms with Crippen LogP contribution in [0.2, 0.25) is 0 Å². The van der Waals surface area contributed by atoms with Gasteiger partial charge in [-0.1, -0.05) is 254 Å². The summed E-state index contributed by atoms with van der Waals surface area (Å²) in [6.45, 7) is 4.28. The molecule has 0 saturated heterocycles. The molecule has 0 aliphatic rings. The summed E-state index contributed by atoms with van der Waals surface area (Å²) in [5.74, 6) is -0.0917. The van der Waals surface area contributed by atoms with E-state index in [9.17, 15) is 15.0 Å². The second-order valence-corrected chi connectivity index (χ2v) is 18.3. The highest BCUT2D eigenvalue weighted by Gasteiger charge is 2.17. The molecule has 1 amide bonds. The third kappa shape index (κ3) is 49.0. The molecule has 3 N–H and O–H groups in total. The predicted octanol–water partition coefficient (Wildman–Crippen LogP) is 17.6. The number of rotatable bonds is 49. The van der Waals surface area contributed by atoms with E-state index in [1.54, 1.807) is 6.08 Å². The Morgan fingerprint density at radius 1 is 0.393 bits per heavy atom. The van der Waals surface area contributed by atoms with Crippen LogP contribution in [0.25, 0.3) is 0 Å². The van der Waals surface area contributed by atoms with Gasteiger partial charge in [0.25, 0.3) is 0 Å². The lowest BCUT2D eigenvalue weighted by Gasteiger charge is -2.19. The molecule has 2 unspecified atom stereocenters. The minimum absolute atomic E-state index is 0.0917. The lowest BCUT2D eigenvalue weighted by Crippen LogP contribution is -2.45. The molecule has 0 radical (unpaired) electrons. The molecule has 0 aromatic rings. The Bertz CT molecular complexity index is 1010. The van der Waals surface area contributed by atoms with Crippen molar-refractivity contribution in [1.29, 1.82) is 0 Å². The molecule has 0 aliphatic heterocycles. The van der Waals surface area contributed by atoms with E-state index < -0.39 is 12.1 Å². The molecule has 0 rings (SSSR count). The summed E-state index contributed by atoms with van der Waals surface area (Å²) in [7, 11) is 0. The van der Waals surface area contributed by atoms with Crippen LogP contribution in [0.3, 0.4) is 0 Å². The fraction of sp³-hybridized carbons (Fsp3) is 0.807. The van der Waals surface area contributed by atoms with E-state index in [1.165, 1.54) is 199 Å². The maximum atomic E-state index is 12.4. The number of unbranched alkanes of at least 4 members (excludes halogenated alkanes) is 34. The number of aliphatic hydroxyl groups is 2. The van der Waals surface area contributed by atoms with Crippen molar-refractivity contribution in [3.8, 4) is 0 Å². The second-order valence-electron chi connectivity index (χ2n) is 18.3. The van der Waals surface area contributed by atoms with Crippen LogP contribution in [0, 0.1) is 0 Å². The van der Waals surface area contributed by atoms with Crippen LogP contribution in [0.5, 0.6) is 0 Å². The van der Waals surface area contributed by atoms with E-state index in [2.05, 4.69) is 67.8 Å². The van der Waals surface area contributed by atoms with Crippen molar-refractivity contribution in [1.82, 2.24) is 5.32 Å². The Morgan fingerprint density at radius 2 is 0.689 bits per heavy atom. The first kappa shape index (κ1) is 59.1. The van der Waals surface area contributed by atoms with Crippen molar-refractivity contribution in [2.24, 2.45) is 0 Å². The Hall–Kier alpha value is -1.91. The van der Waals surface area contributed by atoms with Gasteiger partial charge in [0, 0.05) is 6.42 Å². The van der Waals surface area contributed by atoms with Crippen molar-refractivity contribution < 1.29 is 15.0 Å². The van der Waals surface area contributed by atoms with Gasteiger partial charge in [0.15, 0.2) is 0 Å². The molecule has 356 valence electrons. The SMILES string of the molecule is CCCCCC/C=C\C/C=C\CCCCCCCC(=O)NC(CO)C(O)/C=C/CC/C=C/CC/C=C/CCCCCCCCCCCCCCCCCCCCCCCCC. The van der Waals surface area contributed by atoms with Gasteiger partial charge < -0.3 is 15.5 Å².